The number of aryl methyl sites for hydroxylation is 1. The molecule has 0 saturated carbocycles. The zero-order valence-corrected chi connectivity index (χ0v) is 14.6. The molecular formula is C18H30N4O. The summed E-state index contributed by atoms with van der Waals surface area (Å²) >= 11 is 0. The Labute approximate surface area is 139 Å². The second kappa shape index (κ2) is 8.06. The van der Waals surface area contributed by atoms with Gasteiger partial charge in [0, 0.05) is 19.5 Å². The van der Waals surface area contributed by atoms with Crippen molar-refractivity contribution in [3.63, 3.8) is 0 Å². The first kappa shape index (κ1) is 16.7. The highest BCUT2D eigenvalue weighted by molar-refractivity contribution is 4.91. The number of rotatable bonds is 5. The minimum absolute atomic E-state index is 0.630. The Morgan fingerprint density at radius 1 is 1.26 bits per heavy atom. The van der Waals surface area contributed by atoms with E-state index in [-0.39, 0.29) is 0 Å². The molecule has 2 atom stereocenters. The van der Waals surface area contributed by atoms with Crippen LogP contribution in [0.3, 0.4) is 0 Å². The lowest BCUT2D eigenvalue weighted by Crippen LogP contribution is -2.34. The van der Waals surface area contributed by atoms with E-state index >= 15 is 0 Å². The second-order valence-electron chi connectivity index (χ2n) is 7.18. The van der Waals surface area contributed by atoms with Gasteiger partial charge in [0.25, 0.3) is 0 Å². The van der Waals surface area contributed by atoms with Crippen LogP contribution in [0.15, 0.2) is 16.7 Å². The van der Waals surface area contributed by atoms with Crippen molar-refractivity contribution in [2.45, 2.75) is 58.0 Å². The molecule has 3 rings (SSSR count). The van der Waals surface area contributed by atoms with E-state index in [0.29, 0.717) is 11.9 Å². The number of hydrogen-bond acceptors (Lipinski definition) is 5. The molecular weight excluding hydrogens is 288 g/mol. The third-order valence-electron chi connectivity index (χ3n) is 5.27. The molecule has 1 saturated heterocycles. The summed E-state index contributed by atoms with van der Waals surface area (Å²) in [5, 5.41) is 4.02. The van der Waals surface area contributed by atoms with Crippen LogP contribution in [0.2, 0.25) is 0 Å². The number of allylic oxidation sites excluding steroid dienone is 2. The molecule has 5 nitrogen and oxygen atoms in total. The van der Waals surface area contributed by atoms with E-state index in [0.717, 1.165) is 18.3 Å². The predicted octanol–water partition coefficient (Wildman–Crippen LogP) is 3.02. The summed E-state index contributed by atoms with van der Waals surface area (Å²) in [6, 6.07) is 0.630. The van der Waals surface area contributed by atoms with Crippen molar-refractivity contribution in [2.24, 2.45) is 5.92 Å². The van der Waals surface area contributed by atoms with E-state index in [1.54, 1.807) is 0 Å². The zero-order valence-electron chi connectivity index (χ0n) is 14.6. The van der Waals surface area contributed by atoms with Crippen LogP contribution in [0.1, 0.15) is 50.2 Å². The first-order chi connectivity index (χ1) is 11.2. The molecule has 0 radical (unpaired) electrons. The van der Waals surface area contributed by atoms with Gasteiger partial charge in [0.1, 0.15) is 0 Å². The SMILES string of the molecule is Cc1nc(CN(C)[C@H]2CCCN(C[C@H]3CC=CCC3)CC2)no1. The van der Waals surface area contributed by atoms with Gasteiger partial charge < -0.3 is 9.42 Å². The molecule has 1 fully saturated rings. The van der Waals surface area contributed by atoms with Crippen LogP contribution >= 0.6 is 0 Å². The largest absolute Gasteiger partial charge is 0.340 e. The summed E-state index contributed by atoms with van der Waals surface area (Å²) in [6.45, 7) is 6.40. The molecule has 0 amide bonds. The minimum Gasteiger partial charge on any atom is -0.340 e. The monoisotopic (exact) mass is 318 g/mol. The van der Waals surface area contributed by atoms with Gasteiger partial charge in [-0.2, -0.15) is 4.98 Å². The topological polar surface area (TPSA) is 45.4 Å². The standard InChI is InChI=1S/C18H30N4O/c1-15-19-18(20-23-15)14-21(2)17-9-6-11-22(12-10-17)13-16-7-4-3-5-8-16/h3-4,16-17H,5-14H2,1-2H3/t16-,17-/m0/s1. The van der Waals surface area contributed by atoms with Crippen molar-refractivity contribution < 1.29 is 4.52 Å². The van der Waals surface area contributed by atoms with Crippen LogP contribution < -0.4 is 0 Å². The fraction of sp³-hybridized carbons (Fsp3) is 0.778. The first-order valence-corrected chi connectivity index (χ1v) is 9.07. The zero-order chi connectivity index (χ0) is 16.1. The molecule has 23 heavy (non-hydrogen) atoms. The molecule has 1 aromatic rings. The molecule has 0 spiro atoms. The van der Waals surface area contributed by atoms with Crippen molar-refractivity contribution in [2.75, 3.05) is 26.7 Å². The van der Waals surface area contributed by atoms with Crippen LogP contribution in [-0.4, -0.2) is 52.7 Å². The molecule has 2 aliphatic rings. The molecule has 2 heterocycles. The average Bonchev–Trinajstić information content (AvgIpc) is 2.82. The van der Waals surface area contributed by atoms with Crippen molar-refractivity contribution in [1.29, 1.82) is 0 Å². The summed E-state index contributed by atoms with van der Waals surface area (Å²) in [7, 11) is 2.19. The van der Waals surface area contributed by atoms with Crippen LogP contribution in [0.25, 0.3) is 0 Å². The van der Waals surface area contributed by atoms with Gasteiger partial charge >= 0.3 is 0 Å². The highest BCUT2D eigenvalue weighted by Crippen LogP contribution is 2.22. The van der Waals surface area contributed by atoms with Crippen LogP contribution in [-0.2, 0) is 6.54 Å². The highest BCUT2D eigenvalue weighted by atomic mass is 16.5. The lowest BCUT2D eigenvalue weighted by atomic mass is 9.94. The summed E-state index contributed by atoms with van der Waals surface area (Å²) in [5.41, 5.74) is 0. The van der Waals surface area contributed by atoms with Crippen molar-refractivity contribution in [1.82, 2.24) is 19.9 Å². The summed E-state index contributed by atoms with van der Waals surface area (Å²) in [4.78, 5) is 9.42. The van der Waals surface area contributed by atoms with Crippen LogP contribution in [0.4, 0.5) is 0 Å². The number of nitrogens with zero attached hydrogens (tertiary/aromatic N) is 4. The van der Waals surface area contributed by atoms with Gasteiger partial charge in [0.15, 0.2) is 5.82 Å². The molecule has 0 N–H and O–H groups in total. The summed E-state index contributed by atoms with van der Waals surface area (Å²) in [5.74, 6) is 2.33. The maximum atomic E-state index is 5.08. The van der Waals surface area contributed by atoms with Gasteiger partial charge in [0.2, 0.25) is 5.89 Å². The smallest absolute Gasteiger partial charge is 0.223 e. The normalized spacial score (nSPS) is 26.6. The third kappa shape index (κ3) is 4.88. The Hall–Kier alpha value is -1.20. The maximum absolute atomic E-state index is 5.08. The van der Waals surface area contributed by atoms with Gasteiger partial charge in [-0.1, -0.05) is 17.3 Å². The molecule has 1 aliphatic carbocycles. The Balaban J connectivity index is 1.46. The Morgan fingerprint density at radius 3 is 2.91 bits per heavy atom. The van der Waals surface area contributed by atoms with Crippen LogP contribution in [0.5, 0.6) is 0 Å². The first-order valence-electron chi connectivity index (χ1n) is 9.07. The quantitative estimate of drug-likeness (QED) is 0.781. The highest BCUT2D eigenvalue weighted by Gasteiger charge is 2.23. The average molecular weight is 318 g/mol. The molecule has 128 valence electrons. The molecule has 0 aromatic carbocycles. The Bertz CT molecular complexity index is 513. The van der Waals surface area contributed by atoms with E-state index in [4.69, 9.17) is 4.52 Å². The van der Waals surface area contributed by atoms with E-state index in [1.165, 1.54) is 58.2 Å². The fourth-order valence-electron chi connectivity index (χ4n) is 3.91. The van der Waals surface area contributed by atoms with Crippen molar-refractivity contribution >= 4 is 0 Å². The van der Waals surface area contributed by atoms with Gasteiger partial charge in [0.05, 0.1) is 6.54 Å². The Kier molecular flexibility index (Phi) is 5.84. The number of hydrogen-bond donors (Lipinski definition) is 0. The van der Waals surface area contributed by atoms with E-state index in [2.05, 4.69) is 39.1 Å². The predicted molar refractivity (Wildman–Crippen MR) is 91.1 cm³/mol. The second-order valence-corrected chi connectivity index (χ2v) is 7.18. The number of aromatic nitrogens is 2. The van der Waals surface area contributed by atoms with E-state index in [9.17, 15) is 0 Å². The Morgan fingerprint density at radius 2 is 2.17 bits per heavy atom. The molecule has 5 heteroatoms. The molecule has 0 unspecified atom stereocenters. The maximum Gasteiger partial charge on any atom is 0.223 e. The third-order valence-corrected chi connectivity index (χ3v) is 5.27. The summed E-state index contributed by atoms with van der Waals surface area (Å²) in [6.07, 6.45) is 12.4. The molecule has 1 aromatic heterocycles. The van der Waals surface area contributed by atoms with E-state index in [1.807, 2.05) is 6.92 Å². The summed E-state index contributed by atoms with van der Waals surface area (Å²) < 4.78 is 5.08. The molecule has 1 aliphatic heterocycles. The minimum atomic E-state index is 0.630. The van der Waals surface area contributed by atoms with E-state index < -0.39 is 0 Å². The van der Waals surface area contributed by atoms with Crippen LogP contribution in [0, 0.1) is 12.8 Å². The van der Waals surface area contributed by atoms with Gasteiger partial charge in [-0.05, 0) is 64.6 Å². The van der Waals surface area contributed by atoms with Gasteiger partial charge in [-0.25, -0.2) is 0 Å². The lowest BCUT2D eigenvalue weighted by Gasteiger charge is -2.28. The van der Waals surface area contributed by atoms with Gasteiger partial charge in [-0.3, -0.25) is 4.90 Å². The van der Waals surface area contributed by atoms with Crippen molar-refractivity contribution in [3.8, 4) is 0 Å². The molecule has 0 bridgehead atoms. The van der Waals surface area contributed by atoms with Crippen molar-refractivity contribution in [3.05, 3.63) is 23.9 Å². The fourth-order valence-corrected chi connectivity index (χ4v) is 3.91. The number of likely N-dealkylation sites (tertiary alicyclic amines) is 1. The van der Waals surface area contributed by atoms with Gasteiger partial charge in [-0.15, -0.1) is 0 Å². The lowest BCUT2D eigenvalue weighted by molar-refractivity contribution is 0.193.